The molecule has 0 saturated heterocycles. The van der Waals surface area contributed by atoms with E-state index >= 15 is 0 Å². The highest BCUT2D eigenvalue weighted by atomic mass is 32.2. The second kappa shape index (κ2) is 4.34. The van der Waals surface area contributed by atoms with Gasteiger partial charge in [0.2, 0.25) is 0 Å². The number of benzene rings is 1. The maximum absolute atomic E-state index is 12.0. The lowest BCUT2D eigenvalue weighted by Gasteiger charge is -2.07. The number of nitrogens with zero attached hydrogens (tertiary/aromatic N) is 1. The number of anilines is 2. The number of aryl methyl sites for hydroxylation is 2. The minimum Gasteiger partial charge on any atom is -0.398 e. The monoisotopic (exact) mass is 267 g/mol. The highest BCUT2D eigenvalue weighted by Crippen LogP contribution is 2.20. The summed E-state index contributed by atoms with van der Waals surface area (Å²) in [5.74, 6) is 0.669. The smallest absolute Gasteiger partial charge is 0.263 e. The van der Waals surface area contributed by atoms with E-state index in [9.17, 15) is 8.42 Å². The van der Waals surface area contributed by atoms with Crippen LogP contribution in [-0.2, 0) is 10.0 Å². The number of nitrogens with two attached hydrogens (primary N) is 1. The summed E-state index contributed by atoms with van der Waals surface area (Å²) >= 11 is 0. The van der Waals surface area contributed by atoms with E-state index in [2.05, 4.69) is 9.88 Å². The highest BCUT2D eigenvalue weighted by Gasteiger charge is 2.16. The van der Waals surface area contributed by atoms with E-state index in [0.717, 1.165) is 5.56 Å². The first kappa shape index (κ1) is 12.4. The van der Waals surface area contributed by atoms with Gasteiger partial charge in [-0.1, -0.05) is 11.2 Å². The van der Waals surface area contributed by atoms with Crippen molar-refractivity contribution in [3.8, 4) is 0 Å². The first-order chi connectivity index (χ1) is 8.38. The summed E-state index contributed by atoms with van der Waals surface area (Å²) in [6.45, 7) is 3.48. The summed E-state index contributed by atoms with van der Waals surface area (Å²) in [6, 6.07) is 6.04. The van der Waals surface area contributed by atoms with Crippen molar-refractivity contribution >= 4 is 21.5 Å². The quantitative estimate of drug-likeness (QED) is 0.824. The van der Waals surface area contributed by atoms with Crippen molar-refractivity contribution in [3.63, 3.8) is 0 Å². The Bertz CT molecular complexity index is 677. The standard InChI is InChI=1S/C11H13N3O3S/c1-7-3-4-9(6-10(7)12)18(15,16)14-11-5-8(2)17-13-11/h3-6H,12H2,1-2H3,(H,13,14). The molecule has 3 N–H and O–H groups in total. The van der Waals surface area contributed by atoms with Gasteiger partial charge in [0.05, 0.1) is 4.90 Å². The molecule has 0 atom stereocenters. The van der Waals surface area contributed by atoms with Crippen molar-refractivity contribution in [1.29, 1.82) is 0 Å². The van der Waals surface area contributed by atoms with Gasteiger partial charge in [0.15, 0.2) is 5.82 Å². The Morgan fingerprint density at radius 3 is 2.56 bits per heavy atom. The first-order valence-corrected chi connectivity index (χ1v) is 6.69. The van der Waals surface area contributed by atoms with E-state index in [-0.39, 0.29) is 10.7 Å². The number of hydrogen-bond acceptors (Lipinski definition) is 5. The number of sulfonamides is 1. The van der Waals surface area contributed by atoms with Crippen molar-refractivity contribution in [3.05, 3.63) is 35.6 Å². The van der Waals surface area contributed by atoms with Crippen LogP contribution in [0.3, 0.4) is 0 Å². The van der Waals surface area contributed by atoms with Gasteiger partial charge in [0.1, 0.15) is 5.76 Å². The van der Waals surface area contributed by atoms with E-state index in [1.807, 2.05) is 0 Å². The number of rotatable bonds is 3. The van der Waals surface area contributed by atoms with Crippen LogP contribution >= 0.6 is 0 Å². The molecule has 0 aliphatic heterocycles. The third kappa shape index (κ3) is 2.45. The third-order valence-corrected chi connectivity index (χ3v) is 3.78. The zero-order valence-corrected chi connectivity index (χ0v) is 10.8. The van der Waals surface area contributed by atoms with Gasteiger partial charge in [-0.05, 0) is 31.5 Å². The average molecular weight is 267 g/mol. The van der Waals surface area contributed by atoms with Crippen LogP contribution in [0.1, 0.15) is 11.3 Å². The van der Waals surface area contributed by atoms with Gasteiger partial charge in [-0.15, -0.1) is 0 Å². The molecule has 0 saturated carbocycles. The summed E-state index contributed by atoms with van der Waals surface area (Å²) in [5.41, 5.74) is 6.94. The lowest BCUT2D eigenvalue weighted by Crippen LogP contribution is -2.13. The van der Waals surface area contributed by atoms with E-state index in [0.29, 0.717) is 11.4 Å². The molecular formula is C11H13N3O3S. The molecule has 0 aliphatic rings. The van der Waals surface area contributed by atoms with Gasteiger partial charge < -0.3 is 10.3 Å². The van der Waals surface area contributed by atoms with Gasteiger partial charge in [0, 0.05) is 11.8 Å². The Morgan fingerprint density at radius 1 is 1.28 bits per heavy atom. The molecule has 0 aliphatic carbocycles. The molecule has 1 heterocycles. The van der Waals surface area contributed by atoms with Gasteiger partial charge in [-0.3, -0.25) is 4.72 Å². The van der Waals surface area contributed by atoms with Crippen molar-refractivity contribution in [2.24, 2.45) is 0 Å². The van der Waals surface area contributed by atoms with E-state index in [1.165, 1.54) is 18.2 Å². The molecule has 2 rings (SSSR count). The normalized spacial score (nSPS) is 11.4. The van der Waals surface area contributed by atoms with Crippen LogP contribution in [0.5, 0.6) is 0 Å². The molecule has 0 spiro atoms. The van der Waals surface area contributed by atoms with Crippen LogP contribution in [0, 0.1) is 13.8 Å². The predicted octanol–water partition coefficient (Wildman–Crippen LogP) is 1.67. The summed E-state index contributed by atoms with van der Waals surface area (Å²) in [6.07, 6.45) is 0. The predicted molar refractivity (Wildman–Crippen MR) is 67.6 cm³/mol. The van der Waals surface area contributed by atoms with Crippen molar-refractivity contribution in [2.75, 3.05) is 10.5 Å². The van der Waals surface area contributed by atoms with Crippen LogP contribution in [0.25, 0.3) is 0 Å². The Kier molecular flexibility index (Phi) is 3.00. The first-order valence-electron chi connectivity index (χ1n) is 5.21. The summed E-state index contributed by atoms with van der Waals surface area (Å²) in [7, 11) is -3.69. The number of aromatic nitrogens is 1. The summed E-state index contributed by atoms with van der Waals surface area (Å²) in [4.78, 5) is 0.0891. The molecule has 96 valence electrons. The molecule has 7 heteroatoms. The Morgan fingerprint density at radius 2 is 2.00 bits per heavy atom. The second-order valence-electron chi connectivity index (χ2n) is 3.95. The molecule has 0 radical (unpaired) electrons. The fraction of sp³-hybridized carbons (Fsp3) is 0.182. The zero-order valence-electron chi connectivity index (χ0n) is 9.97. The average Bonchev–Trinajstić information content (AvgIpc) is 2.67. The fourth-order valence-electron chi connectivity index (χ4n) is 1.40. The maximum atomic E-state index is 12.0. The van der Waals surface area contributed by atoms with Gasteiger partial charge in [-0.25, -0.2) is 8.42 Å². The number of nitrogen functional groups attached to an aromatic ring is 1. The van der Waals surface area contributed by atoms with Crippen LogP contribution in [0.4, 0.5) is 11.5 Å². The lowest BCUT2D eigenvalue weighted by atomic mass is 10.2. The number of nitrogens with one attached hydrogen (secondary N) is 1. The second-order valence-corrected chi connectivity index (χ2v) is 5.63. The van der Waals surface area contributed by atoms with E-state index in [1.54, 1.807) is 19.9 Å². The molecule has 1 aromatic heterocycles. The molecule has 0 bridgehead atoms. The van der Waals surface area contributed by atoms with E-state index in [4.69, 9.17) is 10.3 Å². The van der Waals surface area contributed by atoms with Crippen LogP contribution in [-0.4, -0.2) is 13.6 Å². The molecule has 6 nitrogen and oxygen atoms in total. The zero-order chi connectivity index (χ0) is 13.3. The topological polar surface area (TPSA) is 98.2 Å². The van der Waals surface area contributed by atoms with E-state index < -0.39 is 10.0 Å². The number of hydrogen-bond donors (Lipinski definition) is 2. The van der Waals surface area contributed by atoms with Crippen LogP contribution < -0.4 is 10.5 Å². The van der Waals surface area contributed by atoms with Crippen LogP contribution in [0.15, 0.2) is 33.7 Å². The SMILES string of the molecule is Cc1cc(NS(=O)(=O)c2ccc(C)c(N)c2)no1. The summed E-state index contributed by atoms with van der Waals surface area (Å²) in [5, 5.41) is 3.57. The Hall–Kier alpha value is -2.02. The molecule has 1 aromatic carbocycles. The third-order valence-electron chi connectivity index (χ3n) is 2.43. The van der Waals surface area contributed by atoms with Gasteiger partial charge in [-0.2, -0.15) is 0 Å². The highest BCUT2D eigenvalue weighted by molar-refractivity contribution is 7.92. The molecule has 0 amide bonds. The van der Waals surface area contributed by atoms with Crippen molar-refractivity contribution in [1.82, 2.24) is 5.16 Å². The fourth-order valence-corrected chi connectivity index (χ4v) is 2.42. The molecule has 0 fully saturated rings. The molecular weight excluding hydrogens is 254 g/mol. The Labute approximate surface area is 105 Å². The van der Waals surface area contributed by atoms with Gasteiger partial charge in [0.25, 0.3) is 10.0 Å². The largest absolute Gasteiger partial charge is 0.398 e. The maximum Gasteiger partial charge on any atom is 0.263 e. The minimum atomic E-state index is -3.69. The van der Waals surface area contributed by atoms with Gasteiger partial charge >= 0.3 is 0 Å². The molecule has 0 unspecified atom stereocenters. The molecule has 2 aromatic rings. The lowest BCUT2D eigenvalue weighted by molar-refractivity contribution is 0.400. The minimum absolute atomic E-state index is 0.0891. The van der Waals surface area contributed by atoms with Crippen molar-refractivity contribution in [2.45, 2.75) is 18.7 Å². The summed E-state index contributed by atoms with van der Waals surface area (Å²) < 4.78 is 31.2. The molecule has 18 heavy (non-hydrogen) atoms. The van der Waals surface area contributed by atoms with Crippen molar-refractivity contribution < 1.29 is 12.9 Å². The Balaban J connectivity index is 2.33. The van der Waals surface area contributed by atoms with Crippen LogP contribution in [0.2, 0.25) is 0 Å².